The third-order valence-corrected chi connectivity index (χ3v) is 7.85. The van der Waals surface area contributed by atoms with Crippen LogP contribution in [-0.4, -0.2) is 34.2 Å². The Balaban J connectivity index is 1.82. The van der Waals surface area contributed by atoms with Crippen molar-refractivity contribution in [2.45, 2.75) is 29.6 Å². The first-order valence-electron chi connectivity index (χ1n) is 8.68. The molecular weight excluding hydrogens is 410 g/mol. The van der Waals surface area contributed by atoms with Gasteiger partial charge in [-0.2, -0.15) is 4.31 Å². The van der Waals surface area contributed by atoms with Gasteiger partial charge in [0.05, 0.1) is 4.90 Å². The lowest BCUT2D eigenvalue weighted by atomic mass is 10.0. The molecule has 0 aromatic heterocycles. The normalized spacial score (nSPS) is 18.8. The third-order valence-electron chi connectivity index (χ3n) is 4.57. The summed E-state index contributed by atoms with van der Waals surface area (Å²) in [6, 6.07) is 7.96. The molecular formula is C18H20F2N2O4S2. The van der Waals surface area contributed by atoms with Crippen molar-refractivity contribution in [3.63, 3.8) is 0 Å². The van der Waals surface area contributed by atoms with E-state index in [9.17, 15) is 25.6 Å². The molecule has 152 valence electrons. The fourth-order valence-corrected chi connectivity index (χ4v) is 5.86. The number of rotatable bonds is 5. The van der Waals surface area contributed by atoms with E-state index in [1.54, 1.807) is 0 Å². The van der Waals surface area contributed by atoms with Gasteiger partial charge in [0.1, 0.15) is 4.90 Å². The first kappa shape index (κ1) is 20.7. The minimum atomic E-state index is -4.37. The molecule has 1 aliphatic heterocycles. The lowest BCUT2D eigenvalue weighted by molar-refractivity contribution is 0.281. The van der Waals surface area contributed by atoms with E-state index < -0.39 is 36.6 Å². The van der Waals surface area contributed by atoms with Gasteiger partial charge in [-0.15, -0.1) is 0 Å². The van der Waals surface area contributed by atoms with E-state index in [1.165, 1.54) is 28.6 Å². The van der Waals surface area contributed by atoms with Crippen molar-refractivity contribution in [3.8, 4) is 0 Å². The molecule has 0 spiro atoms. The Kier molecular flexibility index (Phi) is 5.74. The fourth-order valence-electron chi connectivity index (χ4n) is 3.11. The molecule has 1 fully saturated rings. The quantitative estimate of drug-likeness (QED) is 0.790. The lowest BCUT2D eigenvalue weighted by Gasteiger charge is -2.30. The van der Waals surface area contributed by atoms with Crippen LogP contribution in [0.5, 0.6) is 0 Å². The summed E-state index contributed by atoms with van der Waals surface area (Å²) in [7, 11) is -8.04. The molecule has 0 amide bonds. The van der Waals surface area contributed by atoms with Crippen molar-refractivity contribution in [2.24, 2.45) is 5.92 Å². The van der Waals surface area contributed by atoms with Crippen LogP contribution in [0.3, 0.4) is 0 Å². The summed E-state index contributed by atoms with van der Waals surface area (Å²) in [6.07, 6.45) is 1.76. The number of benzene rings is 2. The second-order valence-electron chi connectivity index (χ2n) is 6.79. The molecule has 0 bridgehead atoms. The second kappa shape index (κ2) is 7.76. The van der Waals surface area contributed by atoms with Crippen LogP contribution < -0.4 is 4.72 Å². The minimum Gasteiger partial charge on any atom is -0.280 e. The SMILES string of the molecule is CC1CCCN(S(=O)(=O)c2ccc(NS(=O)(=O)c3cccc(F)c3F)cc2)C1. The van der Waals surface area contributed by atoms with Crippen LogP contribution in [0.15, 0.2) is 52.3 Å². The maximum Gasteiger partial charge on any atom is 0.264 e. The number of sulfonamides is 2. The predicted octanol–water partition coefficient (Wildman–Crippen LogP) is 3.19. The van der Waals surface area contributed by atoms with Gasteiger partial charge in [-0.05, 0) is 55.2 Å². The minimum absolute atomic E-state index is 0.0367. The zero-order valence-electron chi connectivity index (χ0n) is 15.1. The topological polar surface area (TPSA) is 83.6 Å². The van der Waals surface area contributed by atoms with E-state index in [-0.39, 0.29) is 16.5 Å². The van der Waals surface area contributed by atoms with Crippen LogP contribution in [-0.2, 0) is 20.0 Å². The first-order chi connectivity index (χ1) is 13.1. The van der Waals surface area contributed by atoms with Crippen LogP contribution in [0, 0.1) is 17.6 Å². The van der Waals surface area contributed by atoms with Gasteiger partial charge < -0.3 is 0 Å². The van der Waals surface area contributed by atoms with Gasteiger partial charge in [-0.25, -0.2) is 25.6 Å². The lowest BCUT2D eigenvalue weighted by Crippen LogP contribution is -2.39. The van der Waals surface area contributed by atoms with Gasteiger partial charge in [-0.3, -0.25) is 4.72 Å². The highest BCUT2D eigenvalue weighted by molar-refractivity contribution is 7.92. The highest BCUT2D eigenvalue weighted by Gasteiger charge is 2.29. The predicted molar refractivity (Wildman–Crippen MR) is 101 cm³/mol. The molecule has 1 saturated heterocycles. The summed E-state index contributed by atoms with van der Waals surface area (Å²) in [5.74, 6) is -2.48. The Labute approximate surface area is 163 Å². The molecule has 0 saturated carbocycles. The molecule has 1 heterocycles. The fraction of sp³-hybridized carbons (Fsp3) is 0.333. The largest absolute Gasteiger partial charge is 0.280 e. The number of nitrogens with zero attached hydrogens (tertiary/aromatic N) is 1. The Morgan fingerprint density at radius 1 is 1.04 bits per heavy atom. The highest BCUT2D eigenvalue weighted by Crippen LogP contribution is 2.25. The maximum absolute atomic E-state index is 13.8. The van der Waals surface area contributed by atoms with Crippen LogP contribution >= 0.6 is 0 Å². The summed E-state index contributed by atoms with van der Waals surface area (Å²) < 4.78 is 80.7. The van der Waals surface area contributed by atoms with E-state index >= 15 is 0 Å². The molecule has 1 aliphatic rings. The molecule has 10 heteroatoms. The van der Waals surface area contributed by atoms with E-state index in [0.717, 1.165) is 31.0 Å². The van der Waals surface area contributed by atoms with E-state index in [0.29, 0.717) is 13.1 Å². The molecule has 0 aliphatic carbocycles. The van der Waals surface area contributed by atoms with Gasteiger partial charge in [0.25, 0.3) is 10.0 Å². The molecule has 2 aromatic carbocycles. The number of piperidine rings is 1. The van der Waals surface area contributed by atoms with Crippen molar-refractivity contribution in [1.29, 1.82) is 0 Å². The zero-order chi connectivity index (χ0) is 20.5. The van der Waals surface area contributed by atoms with Crippen molar-refractivity contribution in [1.82, 2.24) is 4.31 Å². The van der Waals surface area contributed by atoms with Gasteiger partial charge >= 0.3 is 0 Å². The van der Waals surface area contributed by atoms with Gasteiger partial charge in [0.2, 0.25) is 10.0 Å². The average Bonchev–Trinajstić information content (AvgIpc) is 2.64. The monoisotopic (exact) mass is 430 g/mol. The number of hydrogen-bond acceptors (Lipinski definition) is 4. The van der Waals surface area contributed by atoms with Crippen LogP contribution in [0.25, 0.3) is 0 Å². The Morgan fingerprint density at radius 2 is 1.71 bits per heavy atom. The maximum atomic E-state index is 13.8. The van der Waals surface area contributed by atoms with Gasteiger partial charge in [0.15, 0.2) is 11.6 Å². The van der Waals surface area contributed by atoms with Crippen molar-refractivity contribution in [2.75, 3.05) is 17.8 Å². The first-order valence-corrected chi connectivity index (χ1v) is 11.6. The molecule has 3 rings (SSSR count). The number of hydrogen-bond donors (Lipinski definition) is 1. The Bertz CT molecular complexity index is 1070. The molecule has 6 nitrogen and oxygen atoms in total. The average molecular weight is 430 g/mol. The second-order valence-corrected chi connectivity index (χ2v) is 10.4. The molecule has 1 unspecified atom stereocenters. The van der Waals surface area contributed by atoms with Crippen molar-refractivity contribution >= 4 is 25.7 Å². The van der Waals surface area contributed by atoms with E-state index in [1.807, 2.05) is 6.92 Å². The molecule has 1 N–H and O–H groups in total. The summed E-state index contributed by atoms with van der Waals surface area (Å²) in [5, 5.41) is 0. The van der Waals surface area contributed by atoms with E-state index in [2.05, 4.69) is 4.72 Å². The summed E-state index contributed by atoms with van der Waals surface area (Å²) in [5.41, 5.74) is 0.0367. The molecule has 2 aromatic rings. The number of nitrogens with one attached hydrogen (secondary N) is 1. The molecule has 0 radical (unpaired) electrons. The van der Waals surface area contributed by atoms with Gasteiger partial charge in [0, 0.05) is 18.8 Å². The summed E-state index contributed by atoms with van der Waals surface area (Å²) in [4.78, 5) is -0.784. The molecule has 28 heavy (non-hydrogen) atoms. The smallest absolute Gasteiger partial charge is 0.264 e. The number of anilines is 1. The zero-order valence-corrected chi connectivity index (χ0v) is 16.7. The van der Waals surface area contributed by atoms with E-state index in [4.69, 9.17) is 0 Å². The van der Waals surface area contributed by atoms with Crippen LogP contribution in [0.1, 0.15) is 19.8 Å². The van der Waals surface area contributed by atoms with Crippen molar-refractivity contribution < 1.29 is 25.6 Å². The van der Waals surface area contributed by atoms with Gasteiger partial charge in [-0.1, -0.05) is 13.0 Å². The van der Waals surface area contributed by atoms with Crippen LogP contribution in [0.2, 0.25) is 0 Å². The summed E-state index contributed by atoms with van der Waals surface area (Å²) >= 11 is 0. The Morgan fingerprint density at radius 3 is 2.36 bits per heavy atom. The van der Waals surface area contributed by atoms with Crippen molar-refractivity contribution in [3.05, 3.63) is 54.1 Å². The summed E-state index contributed by atoms with van der Waals surface area (Å²) in [6.45, 7) is 2.88. The molecule has 1 atom stereocenters. The highest BCUT2D eigenvalue weighted by atomic mass is 32.2. The third kappa shape index (κ3) is 4.18. The standard InChI is InChI=1S/C18H20F2N2O4S2/c1-13-4-3-11-22(12-13)28(25,26)15-9-7-14(8-10-15)21-27(23,24)17-6-2-5-16(19)18(17)20/h2,5-10,13,21H,3-4,11-12H2,1H3. The Hall–Kier alpha value is -2.04. The number of halogens is 2. The van der Waals surface area contributed by atoms with Crippen LogP contribution in [0.4, 0.5) is 14.5 Å².